The van der Waals surface area contributed by atoms with Crippen LogP contribution in [0.3, 0.4) is 0 Å². The normalized spacial score (nSPS) is 25.8. The van der Waals surface area contributed by atoms with Gasteiger partial charge in [0.15, 0.2) is 0 Å². The van der Waals surface area contributed by atoms with Crippen molar-refractivity contribution in [3.63, 3.8) is 0 Å². The molecule has 104 valence electrons. The Bertz CT molecular complexity index is 450. The minimum absolute atomic E-state index is 0.121. The van der Waals surface area contributed by atoms with Gasteiger partial charge in [0.1, 0.15) is 5.60 Å². The predicted octanol–water partition coefficient (Wildman–Crippen LogP) is 3.85. The van der Waals surface area contributed by atoms with E-state index in [-0.39, 0.29) is 11.6 Å². The molecule has 0 aromatic heterocycles. The van der Waals surface area contributed by atoms with Crippen LogP contribution < -0.4 is 5.32 Å². The van der Waals surface area contributed by atoms with E-state index in [1.54, 1.807) is 0 Å². The van der Waals surface area contributed by atoms with Gasteiger partial charge in [0.05, 0.1) is 5.54 Å². The number of carbonyl (C=O) groups excluding carboxylic acids is 1. The molecule has 0 aliphatic heterocycles. The van der Waals surface area contributed by atoms with Crippen molar-refractivity contribution in [2.24, 2.45) is 0 Å². The molecule has 0 bridgehead atoms. The number of amides is 1. The molecule has 3 nitrogen and oxygen atoms in total. The van der Waals surface area contributed by atoms with Crippen molar-refractivity contribution in [1.29, 1.82) is 0 Å². The Hall–Kier alpha value is -1.51. The molecule has 1 amide bonds. The van der Waals surface area contributed by atoms with Crippen molar-refractivity contribution in [2.45, 2.75) is 57.6 Å². The van der Waals surface area contributed by atoms with Gasteiger partial charge in [-0.3, -0.25) is 0 Å². The first-order chi connectivity index (χ1) is 8.86. The Morgan fingerprint density at radius 1 is 1.37 bits per heavy atom. The van der Waals surface area contributed by atoms with E-state index < -0.39 is 5.60 Å². The van der Waals surface area contributed by atoms with E-state index in [1.165, 1.54) is 5.56 Å². The van der Waals surface area contributed by atoms with Crippen LogP contribution in [-0.4, -0.2) is 17.2 Å². The number of benzene rings is 1. The Morgan fingerprint density at radius 2 is 2.00 bits per heavy atom. The van der Waals surface area contributed by atoms with E-state index in [0.717, 1.165) is 12.8 Å². The number of nitrogens with one attached hydrogen (secondary N) is 1. The molecule has 1 aliphatic rings. The second-order valence-electron chi connectivity index (χ2n) is 6.30. The summed E-state index contributed by atoms with van der Waals surface area (Å²) in [5.74, 6) is 0.409. The molecule has 0 heterocycles. The first kappa shape index (κ1) is 13.9. The van der Waals surface area contributed by atoms with Gasteiger partial charge >= 0.3 is 6.09 Å². The van der Waals surface area contributed by atoms with E-state index in [1.807, 2.05) is 39.0 Å². The highest BCUT2D eigenvalue weighted by Gasteiger charge is 2.54. The van der Waals surface area contributed by atoms with Crippen LogP contribution in [0.1, 0.15) is 52.0 Å². The third-order valence-electron chi connectivity index (χ3n) is 3.66. The molecule has 1 fully saturated rings. The lowest BCUT2D eigenvalue weighted by molar-refractivity contribution is 0.0493. The molecule has 2 rings (SSSR count). The zero-order valence-corrected chi connectivity index (χ0v) is 12.2. The molecule has 2 atom stereocenters. The highest BCUT2D eigenvalue weighted by atomic mass is 16.6. The van der Waals surface area contributed by atoms with Gasteiger partial charge in [-0.25, -0.2) is 4.79 Å². The van der Waals surface area contributed by atoms with Gasteiger partial charge < -0.3 is 10.1 Å². The lowest BCUT2D eigenvalue weighted by Gasteiger charge is -2.23. The monoisotopic (exact) mass is 261 g/mol. The minimum Gasteiger partial charge on any atom is -0.444 e. The standard InChI is InChI=1S/C16H23NO2/c1-5-16(17-14(18)19-15(2,3)4)11-13(16)12-9-7-6-8-10-12/h6-10,13H,5,11H2,1-4H3,(H,17,18)/t13-,16-/m1/s1. The van der Waals surface area contributed by atoms with Crippen LogP contribution in [0.25, 0.3) is 0 Å². The maximum Gasteiger partial charge on any atom is 0.408 e. The summed E-state index contributed by atoms with van der Waals surface area (Å²) in [6.45, 7) is 7.76. The first-order valence-electron chi connectivity index (χ1n) is 6.92. The first-order valence-corrected chi connectivity index (χ1v) is 6.92. The second kappa shape index (κ2) is 4.87. The molecule has 19 heavy (non-hydrogen) atoms. The number of ether oxygens (including phenoxy) is 1. The van der Waals surface area contributed by atoms with Crippen LogP contribution in [0.2, 0.25) is 0 Å². The lowest BCUT2D eigenvalue weighted by atomic mass is 10.0. The molecular weight excluding hydrogens is 238 g/mol. The van der Waals surface area contributed by atoms with Crippen molar-refractivity contribution in [1.82, 2.24) is 5.32 Å². The molecule has 1 aromatic rings. The van der Waals surface area contributed by atoms with Crippen LogP contribution in [0.4, 0.5) is 4.79 Å². The maximum absolute atomic E-state index is 11.9. The third kappa shape index (κ3) is 3.28. The number of hydrogen-bond donors (Lipinski definition) is 1. The van der Waals surface area contributed by atoms with Crippen molar-refractivity contribution in [2.75, 3.05) is 0 Å². The summed E-state index contributed by atoms with van der Waals surface area (Å²) < 4.78 is 5.35. The van der Waals surface area contributed by atoms with Crippen molar-refractivity contribution < 1.29 is 9.53 Å². The predicted molar refractivity (Wildman–Crippen MR) is 76.2 cm³/mol. The van der Waals surface area contributed by atoms with Crippen LogP contribution in [-0.2, 0) is 4.74 Å². The third-order valence-corrected chi connectivity index (χ3v) is 3.66. The van der Waals surface area contributed by atoms with Gasteiger partial charge in [-0.05, 0) is 39.2 Å². The van der Waals surface area contributed by atoms with Crippen molar-refractivity contribution in [3.8, 4) is 0 Å². The zero-order valence-electron chi connectivity index (χ0n) is 12.2. The second-order valence-corrected chi connectivity index (χ2v) is 6.30. The number of alkyl carbamates (subject to hydrolysis) is 1. The van der Waals surface area contributed by atoms with Crippen LogP contribution >= 0.6 is 0 Å². The van der Waals surface area contributed by atoms with Gasteiger partial charge in [0, 0.05) is 5.92 Å². The fourth-order valence-electron chi connectivity index (χ4n) is 2.55. The van der Waals surface area contributed by atoms with Crippen LogP contribution in [0.5, 0.6) is 0 Å². The van der Waals surface area contributed by atoms with E-state index in [0.29, 0.717) is 5.92 Å². The Kier molecular flexibility index (Phi) is 3.57. The van der Waals surface area contributed by atoms with Crippen LogP contribution in [0.15, 0.2) is 30.3 Å². The number of rotatable bonds is 3. The molecule has 0 spiro atoms. The average molecular weight is 261 g/mol. The summed E-state index contributed by atoms with van der Waals surface area (Å²) in [6, 6.07) is 10.3. The van der Waals surface area contributed by atoms with Crippen LogP contribution in [0, 0.1) is 0 Å². The number of carbonyl (C=O) groups is 1. The SMILES string of the molecule is CC[C@@]1(NC(=O)OC(C)(C)C)C[C@@H]1c1ccccc1. The summed E-state index contributed by atoms with van der Waals surface area (Å²) in [4.78, 5) is 11.9. The molecule has 0 unspecified atom stereocenters. The summed E-state index contributed by atoms with van der Waals surface area (Å²) in [6.07, 6.45) is 1.60. The zero-order chi connectivity index (χ0) is 14.1. The molecule has 3 heteroatoms. The molecule has 1 aromatic carbocycles. The summed E-state index contributed by atoms with van der Waals surface area (Å²) in [7, 11) is 0. The quantitative estimate of drug-likeness (QED) is 0.897. The van der Waals surface area contributed by atoms with Crippen molar-refractivity contribution in [3.05, 3.63) is 35.9 Å². The van der Waals surface area contributed by atoms with E-state index >= 15 is 0 Å². The molecule has 1 saturated carbocycles. The van der Waals surface area contributed by atoms with E-state index in [9.17, 15) is 4.79 Å². The fourth-order valence-corrected chi connectivity index (χ4v) is 2.55. The van der Waals surface area contributed by atoms with Crippen molar-refractivity contribution >= 4 is 6.09 Å². The van der Waals surface area contributed by atoms with E-state index in [2.05, 4.69) is 24.4 Å². The Labute approximate surface area is 115 Å². The molecule has 1 aliphatic carbocycles. The topological polar surface area (TPSA) is 38.3 Å². The largest absolute Gasteiger partial charge is 0.444 e. The molecule has 0 radical (unpaired) electrons. The fraction of sp³-hybridized carbons (Fsp3) is 0.562. The average Bonchev–Trinajstić information content (AvgIpc) is 3.02. The summed E-state index contributed by atoms with van der Waals surface area (Å²) >= 11 is 0. The highest BCUT2D eigenvalue weighted by molar-refractivity contribution is 5.70. The van der Waals surface area contributed by atoms with Gasteiger partial charge in [0.25, 0.3) is 0 Å². The molecular formula is C16H23NO2. The highest BCUT2D eigenvalue weighted by Crippen LogP contribution is 2.53. The summed E-state index contributed by atoms with van der Waals surface area (Å²) in [5, 5.41) is 3.06. The maximum atomic E-state index is 11.9. The van der Waals surface area contributed by atoms with Gasteiger partial charge in [0.2, 0.25) is 0 Å². The Morgan fingerprint density at radius 3 is 2.53 bits per heavy atom. The minimum atomic E-state index is -0.448. The lowest BCUT2D eigenvalue weighted by Crippen LogP contribution is -2.41. The molecule has 1 N–H and O–H groups in total. The van der Waals surface area contributed by atoms with Gasteiger partial charge in [-0.2, -0.15) is 0 Å². The molecule has 0 saturated heterocycles. The number of hydrogen-bond acceptors (Lipinski definition) is 2. The van der Waals surface area contributed by atoms with Gasteiger partial charge in [-0.15, -0.1) is 0 Å². The smallest absolute Gasteiger partial charge is 0.408 e. The van der Waals surface area contributed by atoms with Gasteiger partial charge in [-0.1, -0.05) is 37.3 Å². The summed E-state index contributed by atoms with van der Waals surface area (Å²) in [5.41, 5.74) is 0.722. The Balaban J connectivity index is 2.01. The van der Waals surface area contributed by atoms with E-state index in [4.69, 9.17) is 4.74 Å².